The topological polar surface area (TPSA) is 129 Å². The second kappa shape index (κ2) is 7.76. The van der Waals surface area contributed by atoms with E-state index in [-0.39, 0.29) is 16.7 Å². The highest BCUT2D eigenvalue weighted by molar-refractivity contribution is 7.89. The number of hydrogen-bond acceptors (Lipinski definition) is 7. The molecule has 0 aliphatic carbocycles. The van der Waals surface area contributed by atoms with E-state index in [0.717, 1.165) is 5.56 Å². The van der Waals surface area contributed by atoms with Crippen molar-refractivity contribution in [1.82, 2.24) is 25.0 Å². The maximum Gasteiger partial charge on any atom is 0.272 e. The summed E-state index contributed by atoms with van der Waals surface area (Å²) < 4.78 is 38.5. The molecule has 0 aliphatic rings. The lowest BCUT2D eigenvalue weighted by molar-refractivity contribution is 0.598. The molecule has 0 amide bonds. The molecule has 0 aliphatic heterocycles. The largest absolute Gasteiger partial charge is 0.364 e. The normalized spacial score (nSPS) is 11.7. The molecule has 9 nitrogen and oxygen atoms in total. The Kier molecular flexibility index (Phi) is 5.14. The molecule has 0 bridgehead atoms. The van der Waals surface area contributed by atoms with E-state index in [1.54, 1.807) is 24.3 Å². The van der Waals surface area contributed by atoms with Gasteiger partial charge in [0.2, 0.25) is 10.0 Å². The minimum absolute atomic E-state index is 0.0335. The molecule has 154 valence electrons. The third kappa shape index (κ3) is 3.84. The van der Waals surface area contributed by atoms with Crippen LogP contribution in [-0.2, 0) is 23.0 Å². The maximum absolute atomic E-state index is 13.4. The molecule has 3 N–H and O–H groups in total. The van der Waals surface area contributed by atoms with Crippen molar-refractivity contribution in [3.63, 3.8) is 0 Å². The zero-order chi connectivity index (χ0) is 21.3. The summed E-state index contributed by atoms with van der Waals surface area (Å²) in [6, 6.07) is 10.9. The fourth-order valence-electron chi connectivity index (χ4n) is 3.07. The summed E-state index contributed by atoms with van der Waals surface area (Å²) in [6.45, 7) is 2.26. The monoisotopic (exact) mass is 427 g/mol. The van der Waals surface area contributed by atoms with Gasteiger partial charge in [0, 0.05) is 11.9 Å². The van der Waals surface area contributed by atoms with Crippen molar-refractivity contribution in [2.24, 2.45) is 5.14 Å². The van der Waals surface area contributed by atoms with E-state index in [4.69, 9.17) is 5.14 Å². The van der Waals surface area contributed by atoms with Crippen LogP contribution in [0.2, 0.25) is 0 Å². The Labute approximate surface area is 171 Å². The predicted octanol–water partition coefficient (Wildman–Crippen LogP) is 2.17. The van der Waals surface area contributed by atoms with Crippen LogP contribution in [0.4, 0.5) is 10.2 Å². The number of benzene rings is 2. The summed E-state index contributed by atoms with van der Waals surface area (Å²) in [5, 5.41) is 21.4. The van der Waals surface area contributed by atoms with Crippen LogP contribution in [-0.4, -0.2) is 33.4 Å². The number of nitrogens with zero attached hydrogens (tertiary/aromatic N) is 5. The van der Waals surface area contributed by atoms with Gasteiger partial charge in [-0.25, -0.2) is 17.9 Å². The van der Waals surface area contributed by atoms with Crippen LogP contribution >= 0.6 is 0 Å². The number of nitrogens with one attached hydrogen (secondary N) is 1. The van der Waals surface area contributed by atoms with Gasteiger partial charge >= 0.3 is 0 Å². The van der Waals surface area contributed by atoms with Crippen LogP contribution in [0.5, 0.6) is 0 Å². The fraction of sp³-hybridized carbons (Fsp3) is 0.158. The molecule has 4 aromatic rings. The van der Waals surface area contributed by atoms with E-state index in [0.29, 0.717) is 35.4 Å². The van der Waals surface area contributed by atoms with E-state index in [2.05, 4.69) is 25.6 Å². The number of anilines is 1. The van der Waals surface area contributed by atoms with E-state index in [1.807, 2.05) is 6.92 Å². The molecule has 0 atom stereocenters. The third-order valence-corrected chi connectivity index (χ3v) is 5.47. The molecule has 4 rings (SSSR count). The second-order valence-electron chi connectivity index (χ2n) is 6.53. The van der Waals surface area contributed by atoms with Crippen LogP contribution in [0.25, 0.3) is 16.9 Å². The number of rotatable bonds is 6. The van der Waals surface area contributed by atoms with E-state index < -0.39 is 10.0 Å². The Balaban J connectivity index is 1.73. The molecule has 2 aromatic heterocycles. The van der Waals surface area contributed by atoms with Crippen molar-refractivity contribution in [3.8, 4) is 5.95 Å². The molecule has 2 aromatic carbocycles. The van der Waals surface area contributed by atoms with Gasteiger partial charge < -0.3 is 5.32 Å². The van der Waals surface area contributed by atoms with Gasteiger partial charge in [-0.1, -0.05) is 25.1 Å². The van der Waals surface area contributed by atoms with Crippen LogP contribution in [0.3, 0.4) is 0 Å². The summed E-state index contributed by atoms with van der Waals surface area (Å²) in [6.07, 6.45) is 1.98. The minimum atomic E-state index is -3.91. The number of hydrogen-bond donors (Lipinski definition) is 2. The van der Waals surface area contributed by atoms with Crippen molar-refractivity contribution in [1.29, 1.82) is 0 Å². The van der Waals surface area contributed by atoms with Gasteiger partial charge in [-0.15, -0.1) is 10.2 Å². The highest BCUT2D eigenvalue weighted by Gasteiger charge is 2.18. The number of aryl methyl sites for hydroxylation is 1. The van der Waals surface area contributed by atoms with Gasteiger partial charge in [0.05, 0.1) is 16.6 Å². The molecule has 0 unspecified atom stereocenters. The Morgan fingerprint density at radius 1 is 1.17 bits per heavy atom. The molecular weight excluding hydrogens is 409 g/mol. The summed E-state index contributed by atoms with van der Waals surface area (Å²) >= 11 is 0. The van der Waals surface area contributed by atoms with Crippen molar-refractivity contribution in [2.45, 2.75) is 24.8 Å². The lowest BCUT2D eigenvalue weighted by Crippen LogP contribution is -2.13. The number of fused-ring (bicyclic) bond motifs is 1. The molecular formula is C19H18FN7O2S. The maximum atomic E-state index is 13.4. The number of aromatic nitrogens is 5. The lowest BCUT2D eigenvalue weighted by atomic mass is 10.2. The van der Waals surface area contributed by atoms with Gasteiger partial charge in [-0.05, 0) is 36.2 Å². The van der Waals surface area contributed by atoms with Crippen molar-refractivity contribution in [2.75, 3.05) is 5.32 Å². The van der Waals surface area contributed by atoms with E-state index in [1.165, 1.54) is 29.1 Å². The summed E-state index contributed by atoms with van der Waals surface area (Å²) in [7, 11) is -3.91. The van der Waals surface area contributed by atoms with Gasteiger partial charge in [-0.2, -0.15) is 14.8 Å². The summed E-state index contributed by atoms with van der Waals surface area (Å²) in [5.74, 6) is 0.328. The van der Waals surface area contributed by atoms with Gasteiger partial charge in [0.1, 0.15) is 11.5 Å². The van der Waals surface area contributed by atoms with Crippen LogP contribution < -0.4 is 10.5 Å². The van der Waals surface area contributed by atoms with Crippen LogP contribution in [0, 0.1) is 5.82 Å². The zero-order valence-corrected chi connectivity index (χ0v) is 16.8. The quantitative estimate of drug-likeness (QED) is 0.482. The Bertz CT molecular complexity index is 1340. The highest BCUT2D eigenvalue weighted by Crippen LogP contribution is 2.24. The summed E-state index contributed by atoms with van der Waals surface area (Å²) in [5.41, 5.74) is 1.86. The molecule has 0 saturated heterocycles. The first kappa shape index (κ1) is 19.9. The average Bonchev–Trinajstić information content (AvgIpc) is 3.15. The molecule has 0 spiro atoms. The fourth-order valence-corrected chi connectivity index (χ4v) is 3.81. The Hall–Kier alpha value is -3.44. The highest BCUT2D eigenvalue weighted by atomic mass is 32.2. The van der Waals surface area contributed by atoms with Gasteiger partial charge in [0.25, 0.3) is 5.95 Å². The lowest BCUT2D eigenvalue weighted by Gasteiger charge is -2.11. The van der Waals surface area contributed by atoms with E-state index >= 15 is 0 Å². The smallest absolute Gasteiger partial charge is 0.272 e. The Morgan fingerprint density at radius 2 is 1.97 bits per heavy atom. The van der Waals surface area contributed by atoms with Crippen molar-refractivity contribution >= 4 is 26.7 Å². The molecule has 0 fully saturated rings. The SMILES string of the molecule is CCc1nnc(-n2ncc3c(S(N)(=O)=O)cccc32)nc1NCc1cccc(F)c1. The first-order valence-electron chi connectivity index (χ1n) is 9.08. The average molecular weight is 427 g/mol. The molecule has 30 heavy (non-hydrogen) atoms. The zero-order valence-electron chi connectivity index (χ0n) is 15.9. The van der Waals surface area contributed by atoms with Crippen molar-refractivity contribution in [3.05, 3.63) is 65.7 Å². The minimum Gasteiger partial charge on any atom is -0.364 e. The van der Waals surface area contributed by atoms with E-state index in [9.17, 15) is 12.8 Å². The number of nitrogens with two attached hydrogens (primary N) is 1. The standard InChI is InChI=1S/C19H18FN7O2S/c1-2-15-18(22-10-12-5-3-6-13(20)9-12)24-19(26-25-15)27-16-7-4-8-17(30(21,28)29)14(16)11-23-27/h3-9,11H,2,10H2,1H3,(H2,21,28,29)(H,22,24,26). The first-order valence-corrected chi connectivity index (χ1v) is 10.6. The number of primary sulfonamides is 1. The second-order valence-corrected chi connectivity index (χ2v) is 8.06. The Morgan fingerprint density at radius 3 is 2.70 bits per heavy atom. The molecule has 11 heteroatoms. The molecule has 0 saturated carbocycles. The van der Waals surface area contributed by atoms with Crippen molar-refractivity contribution < 1.29 is 12.8 Å². The summed E-state index contributed by atoms with van der Waals surface area (Å²) in [4.78, 5) is 4.47. The predicted molar refractivity (Wildman–Crippen MR) is 109 cm³/mol. The molecule has 0 radical (unpaired) electrons. The van der Waals surface area contributed by atoms with Gasteiger partial charge in [0.15, 0.2) is 5.82 Å². The number of halogens is 1. The van der Waals surface area contributed by atoms with Gasteiger partial charge in [-0.3, -0.25) is 0 Å². The third-order valence-electron chi connectivity index (χ3n) is 4.50. The van der Waals surface area contributed by atoms with Crippen LogP contribution in [0.15, 0.2) is 53.6 Å². The number of sulfonamides is 1. The molecule has 2 heterocycles. The van der Waals surface area contributed by atoms with Crippen LogP contribution in [0.1, 0.15) is 18.2 Å². The first-order chi connectivity index (χ1) is 14.4.